The monoisotopic (exact) mass is 446 g/mol. The van der Waals surface area contributed by atoms with E-state index in [1.165, 1.54) is 0 Å². The smallest absolute Gasteiger partial charge is 0.227 e. The first-order valence-electron chi connectivity index (χ1n) is 10.7. The molecule has 0 bridgehead atoms. The highest BCUT2D eigenvalue weighted by Gasteiger charge is 2.26. The first kappa shape index (κ1) is 20.5. The number of hydrogen-bond donors (Lipinski definition) is 1. The maximum Gasteiger partial charge on any atom is 0.227 e. The van der Waals surface area contributed by atoms with Crippen LogP contribution in [0.5, 0.6) is 0 Å². The molecule has 3 heterocycles. The van der Waals surface area contributed by atoms with Crippen LogP contribution in [0.15, 0.2) is 60.7 Å². The molecule has 0 saturated carbocycles. The lowest BCUT2D eigenvalue weighted by Gasteiger charge is -2.32. The fourth-order valence-corrected chi connectivity index (χ4v) is 4.19. The molecule has 1 saturated heterocycles. The Morgan fingerprint density at radius 3 is 2.56 bits per heavy atom. The average Bonchev–Trinajstić information content (AvgIpc) is 3.23. The van der Waals surface area contributed by atoms with Gasteiger partial charge in [0.25, 0.3) is 0 Å². The number of nitrogens with one attached hydrogen (secondary N) is 1. The number of fused-ring (bicyclic) bond motifs is 1. The van der Waals surface area contributed by atoms with E-state index < -0.39 is 0 Å². The molecule has 0 radical (unpaired) electrons. The Hall–Kier alpha value is -3.45. The van der Waals surface area contributed by atoms with Crippen molar-refractivity contribution in [3.05, 3.63) is 71.2 Å². The van der Waals surface area contributed by atoms with Gasteiger partial charge in [-0.05, 0) is 73.9 Å². The lowest BCUT2D eigenvalue weighted by Crippen LogP contribution is -2.38. The zero-order valence-corrected chi connectivity index (χ0v) is 18.5. The van der Waals surface area contributed by atoms with Gasteiger partial charge in [-0.3, -0.25) is 4.79 Å². The zero-order valence-electron chi connectivity index (χ0n) is 17.7. The van der Waals surface area contributed by atoms with Crippen LogP contribution in [0, 0.1) is 12.8 Å². The number of anilines is 2. The van der Waals surface area contributed by atoms with Gasteiger partial charge < -0.3 is 10.2 Å². The molecular weight excluding hydrogens is 424 g/mol. The van der Waals surface area contributed by atoms with Crippen LogP contribution in [0.25, 0.3) is 17.0 Å². The van der Waals surface area contributed by atoms with Crippen LogP contribution in [-0.2, 0) is 4.79 Å². The number of carbonyl (C=O) groups is 1. The van der Waals surface area contributed by atoms with Crippen molar-refractivity contribution in [1.82, 2.24) is 19.8 Å². The summed E-state index contributed by atoms with van der Waals surface area (Å²) < 4.78 is 1.76. The normalized spacial score (nSPS) is 14.6. The number of rotatable bonds is 4. The van der Waals surface area contributed by atoms with Crippen molar-refractivity contribution in [2.45, 2.75) is 19.8 Å². The fraction of sp³-hybridized carbons (Fsp3) is 0.250. The van der Waals surface area contributed by atoms with Crippen LogP contribution >= 0.6 is 11.6 Å². The molecule has 0 atom stereocenters. The van der Waals surface area contributed by atoms with E-state index in [0.29, 0.717) is 16.5 Å². The van der Waals surface area contributed by atoms with Gasteiger partial charge in [0.1, 0.15) is 5.82 Å². The molecule has 4 aromatic rings. The third kappa shape index (κ3) is 4.16. The number of carbonyl (C=O) groups excluding carboxylic acids is 1. The second-order valence-corrected chi connectivity index (χ2v) is 8.55. The molecule has 162 valence electrons. The van der Waals surface area contributed by atoms with Gasteiger partial charge in [-0.25, -0.2) is 0 Å². The molecule has 1 aliphatic rings. The highest BCUT2D eigenvalue weighted by atomic mass is 35.5. The summed E-state index contributed by atoms with van der Waals surface area (Å²) in [7, 11) is 0. The number of nitrogens with zero attached hydrogens (tertiary/aromatic N) is 5. The summed E-state index contributed by atoms with van der Waals surface area (Å²) in [4.78, 5) is 14.9. The zero-order chi connectivity index (χ0) is 22.1. The van der Waals surface area contributed by atoms with E-state index in [1.54, 1.807) is 4.52 Å². The van der Waals surface area contributed by atoms with Gasteiger partial charge in [0.05, 0.1) is 0 Å². The number of amides is 1. The van der Waals surface area contributed by atoms with Crippen LogP contribution < -0.4 is 10.2 Å². The number of aromatic nitrogens is 4. The van der Waals surface area contributed by atoms with Crippen molar-refractivity contribution in [1.29, 1.82) is 0 Å². The standard InChI is InChI=1S/C24H23ClN6O/c1-16-3-2-4-20(15-16)26-24(32)18-11-13-30(14-12-18)22-10-9-21-27-28-23(31(21)29-22)17-5-7-19(25)8-6-17/h2-10,15,18H,11-14H2,1H3,(H,26,32). The maximum atomic E-state index is 12.7. The molecule has 0 unspecified atom stereocenters. The van der Waals surface area contributed by atoms with E-state index in [1.807, 2.05) is 67.6 Å². The largest absolute Gasteiger partial charge is 0.355 e. The number of benzene rings is 2. The lowest BCUT2D eigenvalue weighted by molar-refractivity contribution is -0.120. The summed E-state index contributed by atoms with van der Waals surface area (Å²) in [6.45, 7) is 3.55. The maximum absolute atomic E-state index is 12.7. The molecule has 1 aliphatic heterocycles. The number of piperidine rings is 1. The van der Waals surface area contributed by atoms with Crippen molar-refractivity contribution in [3.63, 3.8) is 0 Å². The van der Waals surface area contributed by atoms with E-state index in [9.17, 15) is 4.79 Å². The van der Waals surface area contributed by atoms with Gasteiger partial charge in [0, 0.05) is 35.3 Å². The fourth-order valence-electron chi connectivity index (χ4n) is 4.06. The molecule has 5 rings (SSSR count). The van der Waals surface area contributed by atoms with Crippen LogP contribution in [0.2, 0.25) is 5.02 Å². The highest BCUT2D eigenvalue weighted by molar-refractivity contribution is 6.30. The number of aryl methyl sites for hydroxylation is 1. The Kier molecular flexibility index (Phi) is 5.49. The molecule has 1 amide bonds. The Morgan fingerprint density at radius 1 is 1.03 bits per heavy atom. The van der Waals surface area contributed by atoms with E-state index in [4.69, 9.17) is 16.7 Å². The molecule has 7 nitrogen and oxygen atoms in total. The minimum absolute atomic E-state index is 0.00460. The molecule has 32 heavy (non-hydrogen) atoms. The molecule has 2 aromatic carbocycles. The topological polar surface area (TPSA) is 75.4 Å². The Balaban J connectivity index is 1.29. The van der Waals surface area contributed by atoms with E-state index >= 15 is 0 Å². The van der Waals surface area contributed by atoms with E-state index in [2.05, 4.69) is 20.4 Å². The second kappa shape index (κ2) is 8.59. The van der Waals surface area contributed by atoms with Crippen LogP contribution in [0.1, 0.15) is 18.4 Å². The van der Waals surface area contributed by atoms with E-state index in [-0.39, 0.29) is 11.8 Å². The Labute approximate surface area is 191 Å². The SMILES string of the molecule is Cc1cccc(NC(=O)C2CCN(c3ccc4nnc(-c5ccc(Cl)cc5)n4n3)CC2)c1. The van der Waals surface area contributed by atoms with Crippen LogP contribution in [-0.4, -0.2) is 38.8 Å². The lowest BCUT2D eigenvalue weighted by atomic mass is 9.95. The van der Waals surface area contributed by atoms with Crippen LogP contribution in [0.4, 0.5) is 11.5 Å². The van der Waals surface area contributed by atoms with Gasteiger partial charge in [-0.1, -0.05) is 23.7 Å². The minimum atomic E-state index is -0.00460. The minimum Gasteiger partial charge on any atom is -0.355 e. The number of halogens is 1. The summed E-state index contributed by atoms with van der Waals surface area (Å²) in [6, 6.07) is 19.2. The van der Waals surface area contributed by atoms with Crippen molar-refractivity contribution < 1.29 is 4.79 Å². The van der Waals surface area contributed by atoms with Crippen molar-refractivity contribution >= 4 is 34.7 Å². The molecule has 1 N–H and O–H groups in total. The molecule has 0 aliphatic carbocycles. The summed E-state index contributed by atoms with van der Waals surface area (Å²) in [6.07, 6.45) is 1.56. The molecule has 0 spiro atoms. The van der Waals surface area contributed by atoms with Crippen molar-refractivity contribution in [2.75, 3.05) is 23.3 Å². The van der Waals surface area contributed by atoms with Gasteiger partial charge in [0.15, 0.2) is 11.5 Å². The Bertz CT molecular complexity index is 1260. The summed E-state index contributed by atoms with van der Waals surface area (Å²) in [5, 5.41) is 17.0. The molecular formula is C24H23ClN6O. The van der Waals surface area contributed by atoms with E-state index in [0.717, 1.165) is 48.6 Å². The highest BCUT2D eigenvalue weighted by Crippen LogP contribution is 2.25. The molecule has 2 aromatic heterocycles. The van der Waals surface area contributed by atoms with Gasteiger partial charge in [-0.15, -0.1) is 15.3 Å². The van der Waals surface area contributed by atoms with Crippen molar-refractivity contribution in [3.8, 4) is 11.4 Å². The number of hydrogen-bond acceptors (Lipinski definition) is 5. The van der Waals surface area contributed by atoms with Gasteiger partial charge in [-0.2, -0.15) is 4.52 Å². The van der Waals surface area contributed by atoms with Gasteiger partial charge in [0.2, 0.25) is 5.91 Å². The van der Waals surface area contributed by atoms with Crippen molar-refractivity contribution in [2.24, 2.45) is 5.92 Å². The first-order valence-corrected chi connectivity index (χ1v) is 11.1. The summed E-state index contributed by atoms with van der Waals surface area (Å²) in [5.41, 5.74) is 3.57. The quantitative estimate of drug-likeness (QED) is 0.495. The molecule has 8 heteroatoms. The summed E-state index contributed by atoms with van der Waals surface area (Å²) in [5.74, 6) is 1.61. The predicted molar refractivity (Wildman–Crippen MR) is 126 cm³/mol. The predicted octanol–water partition coefficient (Wildman–Crippen LogP) is 4.61. The summed E-state index contributed by atoms with van der Waals surface area (Å²) >= 11 is 6.01. The Morgan fingerprint density at radius 2 is 1.81 bits per heavy atom. The molecule has 1 fully saturated rings. The third-order valence-electron chi connectivity index (χ3n) is 5.83. The second-order valence-electron chi connectivity index (χ2n) is 8.11. The first-order chi connectivity index (χ1) is 15.6. The third-order valence-corrected chi connectivity index (χ3v) is 6.08. The van der Waals surface area contributed by atoms with Crippen LogP contribution in [0.3, 0.4) is 0 Å². The average molecular weight is 447 g/mol. The van der Waals surface area contributed by atoms with Gasteiger partial charge >= 0.3 is 0 Å².